The Morgan fingerprint density at radius 3 is 2.33 bits per heavy atom. The van der Waals surface area contributed by atoms with E-state index < -0.39 is 12.1 Å². The SMILES string of the molecule is CCC[C@@H](NC(N)=O)C(=O)NC(CN)C1CC1.Cl. The van der Waals surface area contributed by atoms with E-state index in [0.717, 1.165) is 19.3 Å². The Hall–Kier alpha value is -1.01. The van der Waals surface area contributed by atoms with E-state index in [-0.39, 0.29) is 24.4 Å². The number of carbonyl (C=O) groups excluding carboxylic acids is 2. The molecule has 7 heteroatoms. The second-order valence-electron chi connectivity index (χ2n) is 4.54. The first kappa shape index (κ1) is 17.0. The van der Waals surface area contributed by atoms with Gasteiger partial charge in [-0.3, -0.25) is 4.79 Å². The van der Waals surface area contributed by atoms with Crippen LogP contribution in [-0.4, -0.2) is 30.6 Å². The smallest absolute Gasteiger partial charge is 0.312 e. The fraction of sp³-hybridized carbons (Fsp3) is 0.818. The van der Waals surface area contributed by atoms with Gasteiger partial charge in [0.05, 0.1) is 0 Å². The average molecular weight is 279 g/mol. The van der Waals surface area contributed by atoms with E-state index in [1.165, 1.54) is 0 Å². The highest BCUT2D eigenvalue weighted by Crippen LogP contribution is 2.32. The molecule has 0 aliphatic heterocycles. The monoisotopic (exact) mass is 278 g/mol. The maximum atomic E-state index is 11.9. The highest BCUT2D eigenvalue weighted by molar-refractivity contribution is 5.86. The van der Waals surface area contributed by atoms with Crippen LogP contribution in [0.3, 0.4) is 0 Å². The van der Waals surface area contributed by atoms with Crippen molar-refractivity contribution >= 4 is 24.3 Å². The third kappa shape index (κ3) is 5.55. The summed E-state index contributed by atoms with van der Waals surface area (Å²) in [7, 11) is 0. The van der Waals surface area contributed by atoms with Gasteiger partial charge in [-0.05, 0) is 25.2 Å². The van der Waals surface area contributed by atoms with Crippen LogP contribution in [0.25, 0.3) is 0 Å². The van der Waals surface area contributed by atoms with Crippen LogP contribution in [0.2, 0.25) is 0 Å². The van der Waals surface area contributed by atoms with Gasteiger partial charge in [0.25, 0.3) is 0 Å². The molecule has 0 aromatic heterocycles. The summed E-state index contributed by atoms with van der Waals surface area (Å²) in [6, 6.07) is -1.20. The molecule has 6 N–H and O–H groups in total. The summed E-state index contributed by atoms with van der Waals surface area (Å²) in [6.07, 6.45) is 3.61. The molecule has 106 valence electrons. The number of hydrogen-bond donors (Lipinski definition) is 4. The highest BCUT2D eigenvalue weighted by Gasteiger charge is 2.32. The van der Waals surface area contributed by atoms with Gasteiger partial charge >= 0.3 is 6.03 Å². The molecule has 1 aliphatic carbocycles. The first-order valence-electron chi connectivity index (χ1n) is 6.14. The maximum Gasteiger partial charge on any atom is 0.312 e. The van der Waals surface area contributed by atoms with Crippen molar-refractivity contribution < 1.29 is 9.59 Å². The number of primary amides is 1. The zero-order valence-corrected chi connectivity index (χ0v) is 11.5. The van der Waals surface area contributed by atoms with Gasteiger partial charge in [-0.15, -0.1) is 12.4 Å². The summed E-state index contributed by atoms with van der Waals surface area (Å²) in [4.78, 5) is 22.7. The molecule has 6 nitrogen and oxygen atoms in total. The van der Waals surface area contributed by atoms with E-state index in [2.05, 4.69) is 10.6 Å². The van der Waals surface area contributed by atoms with Crippen molar-refractivity contribution in [2.24, 2.45) is 17.4 Å². The molecule has 1 fully saturated rings. The lowest BCUT2D eigenvalue weighted by Crippen LogP contribution is -2.52. The standard InChI is InChI=1S/C11H22N4O2.ClH/c1-2-3-8(15-11(13)17)10(16)14-9(6-12)7-4-5-7;/h7-9H,2-6,12H2,1H3,(H,14,16)(H3,13,15,17);1H/t8-,9?;/m1./s1. The van der Waals surface area contributed by atoms with Gasteiger partial charge in [0.15, 0.2) is 0 Å². The minimum absolute atomic E-state index is 0. The largest absolute Gasteiger partial charge is 0.352 e. The molecule has 1 saturated carbocycles. The summed E-state index contributed by atoms with van der Waals surface area (Å²) in [5.74, 6) is 0.313. The van der Waals surface area contributed by atoms with Crippen LogP contribution in [0.1, 0.15) is 32.6 Å². The number of rotatable bonds is 7. The van der Waals surface area contributed by atoms with Gasteiger partial charge in [0.2, 0.25) is 5.91 Å². The quantitative estimate of drug-likeness (QED) is 0.530. The lowest BCUT2D eigenvalue weighted by atomic mass is 10.1. The molecule has 0 heterocycles. The Morgan fingerprint density at radius 2 is 1.94 bits per heavy atom. The fourth-order valence-electron chi connectivity index (χ4n) is 1.88. The molecule has 0 aromatic rings. The molecule has 0 spiro atoms. The molecule has 0 aromatic carbocycles. The predicted octanol–water partition coefficient (Wildman–Crippen LogP) is 0.0987. The van der Waals surface area contributed by atoms with E-state index in [0.29, 0.717) is 18.9 Å². The van der Waals surface area contributed by atoms with E-state index in [9.17, 15) is 9.59 Å². The van der Waals surface area contributed by atoms with Crippen molar-refractivity contribution in [1.29, 1.82) is 0 Å². The number of amides is 3. The molecule has 3 amide bonds. The second-order valence-corrected chi connectivity index (χ2v) is 4.54. The molecule has 0 radical (unpaired) electrons. The number of hydrogen-bond acceptors (Lipinski definition) is 3. The fourth-order valence-corrected chi connectivity index (χ4v) is 1.88. The number of nitrogens with one attached hydrogen (secondary N) is 2. The summed E-state index contributed by atoms with van der Waals surface area (Å²) < 4.78 is 0. The zero-order valence-electron chi connectivity index (χ0n) is 10.6. The lowest BCUT2D eigenvalue weighted by molar-refractivity contribution is -0.123. The minimum atomic E-state index is -0.672. The maximum absolute atomic E-state index is 11.9. The van der Waals surface area contributed by atoms with Crippen molar-refractivity contribution in [2.75, 3.05) is 6.54 Å². The van der Waals surface area contributed by atoms with E-state index in [1.807, 2.05) is 6.92 Å². The van der Waals surface area contributed by atoms with Crippen LogP contribution in [0.4, 0.5) is 4.79 Å². The summed E-state index contributed by atoms with van der Waals surface area (Å²) in [6.45, 7) is 2.39. The van der Waals surface area contributed by atoms with E-state index in [4.69, 9.17) is 11.5 Å². The van der Waals surface area contributed by atoms with Crippen LogP contribution in [-0.2, 0) is 4.79 Å². The Balaban J connectivity index is 0.00000289. The normalized spacial score (nSPS) is 17.2. The topological polar surface area (TPSA) is 110 Å². The van der Waals surface area contributed by atoms with Gasteiger partial charge in [-0.25, -0.2) is 4.79 Å². The van der Waals surface area contributed by atoms with Crippen LogP contribution in [0.5, 0.6) is 0 Å². The van der Waals surface area contributed by atoms with E-state index in [1.54, 1.807) is 0 Å². The van der Waals surface area contributed by atoms with Crippen molar-refractivity contribution in [3.8, 4) is 0 Å². The molecule has 0 bridgehead atoms. The van der Waals surface area contributed by atoms with Gasteiger partial charge < -0.3 is 22.1 Å². The Kier molecular flexibility index (Phi) is 7.70. The Bertz CT molecular complexity index is 284. The van der Waals surface area contributed by atoms with Crippen molar-refractivity contribution in [1.82, 2.24) is 10.6 Å². The van der Waals surface area contributed by atoms with Gasteiger partial charge in [-0.1, -0.05) is 13.3 Å². The van der Waals surface area contributed by atoms with Crippen LogP contribution >= 0.6 is 12.4 Å². The zero-order chi connectivity index (χ0) is 12.8. The number of carbonyl (C=O) groups is 2. The van der Waals surface area contributed by atoms with Gasteiger partial charge in [0, 0.05) is 12.6 Å². The summed E-state index contributed by atoms with van der Waals surface area (Å²) in [5, 5.41) is 5.34. The highest BCUT2D eigenvalue weighted by atomic mass is 35.5. The molecule has 0 saturated heterocycles. The molecule has 2 atom stereocenters. The first-order chi connectivity index (χ1) is 8.08. The van der Waals surface area contributed by atoms with E-state index >= 15 is 0 Å². The first-order valence-corrected chi connectivity index (χ1v) is 6.14. The minimum Gasteiger partial charge on any atom is -0.352 e. The second kappa shape index (κ2) is 8.16. The third-order valence-electron chi connectivity index (χ3n) is 2.98. The third-order valence-corrected chi connectivity index (χ3v) is 2.98. The van der Waals surface area contributed by atoms with Crippen LogP contribution < -0.4 is 22.1 Å². The van der Waals surface area contributed by atoms with Crippen LogP contribution in [0.15, 0.2) is 0 Å². The average Bonchev–Trinajstić information content (AvgIpc) is 3.08. The number of halogens is 1. The summed E-state index contributed by atoms with van der Waals surface area (Å²) >= 11 is 0. The molecular weight excluding hydrogens is 256 g/mol. The molecule has 1 unspecified atom stereocenters. The molecule has 18 heavy (non-hydrogen) atoms. The number of nitrogens with two attached hydrogens (primary N) is 2. The van der Waals surface area contributed by atoms with Crippen LogP contribution in [0, 0.1) is 5.92 Å². The van der Waals surface area contributed by atoms with Crippen molar-refractivity contribution in [3.63, 3.8) is 0 Å². The van der Waals surface area contributed by atoms with Gasteiger partial charge in [0.1, 0.15) is 6.04 Å². The molecular formula is C11H23ClN4O2. The predicted molar refractivity (Wildman–Crippen MR) is 72.4 cm³/mol. The molecule has 1 aliphatic rings. The van der Waals surface area contributed by atoms with Crippen molar-refractivity contribution in [3.05, 3.63) is 0 Å². The lowest BCUT2D eigenvalue weighted by Gasteiger charge is -2.21. The molecule has 1 rings (SSSR count). The van der Waals surface area contributed by atoms with Crippen molar-refractivity contribution in [2.45, 2.75) is 44.7 Å². The number of urea groups is 1. The van der Waals surface area contributed by atoms with Gasteiger partial charge in [-0.2, -0.15) is 0 Å². The Morgan fingerprint density at radius 1 is 1.33 bits per heavy atom. The Labute approximate surface area is 114 Å². The summed E-state index contributed by atoms with van der Waals surface area (Å²) in [5.41, 5.74) is 10.7.